The Morgan fingerprint density at radius 3 is 2.89 bits per heavy atom. The van der Waals surface area contributed by atoms with Crippen molar-refractivity contribution in [3.05, 3.63) is 29.8 Å². The molecule has 1 aromatic carbocycles. The first kappa shape index (κ1) is 13.8. The fourth-order valence-electron chi connectivity index (χ4n) is 1.93. The Morgan fingerprint density at radius 2 is 2.26 bits per heavy atom. The highest BCUT2D eigenvalue weighted by Gasteiger charge is 2.14. The summed E-state index contributed by atoms with van der Waals surface area (Å²) in [4.78, 5) is 11.9. The lowest BCUT2D eigenvalue weighted by atomic mass is 10.2. The van der Waals surface area contributed by atoms with Crippen LogP contribution in [-0.4, -0.2) is 44.9 Å². The minimum absolute atomic E-state index is 0.0559. The zero-order valence-corrected chi connectivity index (χ0v) is 11.1. The van der Waals surface area contributed by atoms with Gasteiger partial charge >= 0.3 is 0 Å². The largest absolute Gasteiger partial charge is 0.494 e. The topological polar surface area (TPSA) is 59.6 Å². The van der Waals surface area contributed by atoms with E-state index in [1.807, 2.05) is 6.92 Å². The van der Waals surface area contributed by atoms with Crippen LogP contribution in [0.1, 0.15) is 17.3 Å². The van der Waals surface area contributed by atoms with Crippen LogP contribution in [0, 0.1) is 0 Å². The van der Waals surface area contributed by atoms with Gasteiger partial charge in [0.25, 0.3) is 5.91 Å². The van der Waals surface area contributed by atoms with Crippen LogP contribution in [0.25, 0.3) is 0 Å². The lowest BCUT2D eigenvalue weighted by Crippen LogP contribution is -2.45. The second-order valence-corrected chi connectivity index (χ2v) is 4.36. The van der Waals surface area contributed by atoms with Crippen LogP contribution in [0.4, 0.5) is 0 Å². The molecule has 0 radical (unpaired) electrons. The lowest BCUT2D eigenvalue weighted by molar-refractivity contribution is 0.0287. The van der Waals surface area contributed by atoms with Crippen LogP contribution in [-0.2, 0) is 4.74 Å². The predicted molar refractivity (Wildman–Crippen MR) is 72.6 cm³/mol. The summed E-state index contributed by atoms with van der Waals surface area (Å²) < 4.78 is 10.9. The maximum Gasteiger partial charge on any atom is 0.251 e. The first-order valence-electron chi connectivity index (χ1n) is 6.63. The molecule has 2 rings (SSSR count). The van der Waals surface area contributed by atoms with E-state index in [0.717, 1.165) is 18.8 Å². The number of ether oxygens (including phenoxy) is 2. The van der Waals surface area contributed by atoms with E-state index in [1.54, 1.807) is 24.3 Å². The number of amides is 1. The Labute approximate surface area is 113 Å². The highest BCUT2D eigenvalue weighted by atomic mass is 16.5. The third kappa shape index (κ3) is 4.22. The van der Waals surface area contributed by atoms with Crippen LogP contribution >= 0.6 is 0 Å². The van der Waals surface area contributed by atoms with Gasteiger partial charge in [0.15, 0.2) is 0 Å². The van der Waals surface area contributed by atoms with Crippen molar-refractivity contribution in [1.82, 2.24) is 10.6 Å². The first-order valence-corrected chi connectivity index (χ1v) is 6.63. The molecule has 0 aromatic heterocycles. The highest BCUT2D eigenvalue weighted by Crippen LogP contribution is 2.11. The smallest absolute Gasteiger partial charge is 0.251 e. The molecule has 1 aliphatic rings. The maximum absolute atomic E-state index is 11.9. The van der Waals surface area contributed by atoms with Crippen LogP contribution in [0.5, 0.6) is 5.75 Å². The number of hydrogen-bond donors (Lipinski definition) is 2. The molecule has 19 heavy (non-hydrogen) atoms. The number of carbonyl (C=O) groups excluding carboxylic acids is 1. The standard InChI is InChI=1S/C14H20N2O3/c1-2-18-12-5-3-11(4-6-12)14(17)16-10-13-9-15-7-8-19-13/h3-6,13,15H,2,7-10H2,1H3,(H,16,17). The van der Waals surface area contributed by atoms with Gasteiger partial charge in [-0.2, -0.15) is 0 Å². The van der Waals surface area contributed by atoms with Gasteiger partial charge in [0, 0.05) is 25.2 Å². The van der Waals surface area contributed by atoms with Crippen LogP contribution in [0.3, 0.4) is 0 Å². The van der Waals surface area contributed by atoms with E-state index < -0.39 is 0 Å². The summed E-state index contributed by atoms with van der Waals surface area (Å²) in [7, 11) is 0. The Kier molecular flexibility index (Phi) is 5.18. The fraction of sp³-hybridized carbons (Fsp3) is 0.500. The monoisotopic (exact) mass is 264 g/mol. The molecule has 1 unspecified atom stereocenters. The quantitative estimate of drug-likeness (QED) is 0.826. The first-order chi connectivity index (χ1) is 9.29. The molecule has 1 aromatic rings. The van der Waals surface area contributed by atoms with Crippen molar-refractivity contribution < 1.29 is 14.3 Å². The second kappa shape index (κ2) is 7.11. The Hall–Kier alpha value is -1.59. The number of hydrogen-bond acceptors (Lipinski definition) is 4. The molecule has 0 saturated carbocycles. The molecular formula is C14H20N2O3. The fourth-order valence-corrected chi connectivity index (χ4v) is 1.93. The van der Waals surface area contributed by atoms with Crippen molar-refractivity contribution in [2.45, 2.75) is 13.0 Å². The summed E-state index contributed by atoms with van der Waals surface area (Å²) in [6.45, 7) is 5.44. The molecule has 1 aliphatic heterocycles. The molecule has 1 saturated heterocycles. The minimum Gasteiger partial charge on any atom is -0.494 e. The van der Waals surface area contributed by atoms with E-state index in [-0.39, 0.29) is 12.0 Å². The van der Waals surface area contributed by atoms with Crippen LogP contribution in [0.2, 0.25) is 0 Å². The molecule has 1 atom stereocenters. The van der Waals surface area contributed by atoms with Gasteiger partial charge in [0.1, 0.15) is 5.75 Å². The maximum atomic E-state index is 11.9. The summed E-state index contributed by atoms with van der Waals surface area (Å²) in [6.07, 6.45) is 0.0559. The van der Waals surface area contributed by atoms with Crippen molar-refractivity contribution >= 4 is 5.91 Å². The average molecular weight is 264 g/mol. The van der Waals surface area contributed by atoms with Crippen molar-refractivity contribution in [3.63, 3.8) is 0 Å². The number of morpholine rings is 1. The Bertz CT molecular complexity index is 400. The van der Waals surface area contributed by atoms with Gasteiger partial charge in [-0.25, -0.2) is 0 Å². The van der Waals surface area contributed by atoms with Crippen molar-refractivity contribution in [2.24, 2.45) is 0 Å². The van der Waals surface area contributed by atoms with Crippen molar-refractivity contribution in [2.75, 3.05) is 32.8 Å². The summed E-state index contributed by atoms with van der Waals surface area (Å²) in [5.41, 5.74) is 0.632. The molecule has 5 heteroatoms. The van der Waals surface area contributed by atoms with Crippen molar-refractivity contribution in [3.8, 4) is 5.75 Å². The number of benzene rings is 1. The summed E-state index contributed by atoms with van der Waals surface area (Å²) in [5.74, 6) is 0.691. The van der Waals surface area contributed by atoms with Gasteiger partial charge in [-0.15, -0.1) is 0 Å². The molecule has 0 bridgehead atoms. The van der Waals surface area contributed by atoms with Gasteiger partial charge in [-0.05, 0) is 31.2 Å². The van der Waals surface area contributed by atoms with Crippen molar-refractivity contribution in [1.29, 1.82) is 0 Å². The molecule has 1 amide bonds. The highest BCUT2D eigenvalue weighted by molar-refractivity contribution is 5.94. The van der Waals surface area contributed by atoms with Gasteiger partial charge in [-0.1, -0.05) is 0 Å². The minimum atomic E-state index is -0.0859. The summed E-state index contributed by atoms with van der Waals surface area (Å²) >= 11 is 0. The molecule has 2 N–H and O–H groups in total. The Balaban J connectivity index is 1.81. The van der Waals surface area contributed by atoms with Gasteiger partial charge in [0.05, 0.1) is 19.3 Å². The predicted octanol–water partition coefficient (Wildman–Crippen LogP) is 0.803. The van der Waals surface area contributed by atoms with E-state index in [0.29, 0.717) is 25.3 Å². The third-order valence-corrected chi connectivity index (χ3v) is 2.92. The normalized spacial score (nSPS) is 18.9. The van der Waals surface area contributed by atoms with Crippen LogP contribution in [0.15, 0.2) is 24.3 Å². The number of rotatable bonds is 5. The SMILES string of the molecule is CCOc1ccc(C(=O)NCC2CNCCO2)cc1. The van der Waals surface area contributed by atoms with E-state index in [2.05, 4.69) is 10.6 Å². The summed E-state index contributed by atoms with van der Waals surface area (Å²) in [6, 6.07) is 7.13. The Morgan fingerprint density at radius 1 is 1.47 bits per heavy atom. The molecule has 104 valence electrons. The molecule has 1 fully saturated rings. The molecule has 0 spiro atoms. The second-order valence-electron chi connectivity index (χ2n) is 4.36. The van der Waals surface area contributed by atoms with Gasteiger partial charge in [-0.3, -0.25) is 4.79 Å². The zero-order chi connectivity index (χ0) is 13.5. The molecule has 5 nitrogen and oxygen atoms in total. The lowest BCUT2D eigenvalue weighted by Gasteiger charge is -2.23. The number of carbonyl (C=O) groups is 1. The zero-order valence-electron chi connectivity index (χ0n) is 11.1. The van der Waals surface area contributed by atoms with E-state index in [4.69, 9.17) is 9.47 Å². The molecule has 1 heterocycles. The number of nitrogens with one attached hydrogen (secondary N) is 2. The van der Waals surface area contributed by atoms with E-state index in [9.17, 15) is 4.79 Å². The average Bonchev–Trinajstić information content (AvgIpc) is 2.47. The van der Waals surface area contributed by atoms with E-state index >= 15 is 0 Å². The van der Waals surface area contributed by atoms with Crippen LogP contribution < -0.4 is 15.4 Å². The van der Waals surface area contributed by atoms with Gasteiger partial charge in [0.2, 0.25) is 0 Å². The molecule has 0 aliphatic carbocycles. The van der Waals surface area contributed by atoms with E-state index in [1.165, 1.54) is 0 Å². The van der Waals surface area contributed by atoms with Gasteiger partial charge < -0.3 is 20.1 Å². The third-order valence-electron chi connectivity index (χ3n) is 2.92. The summed E-state index contributed by atoms with van der Waals surface area (Å²) in [5, 5.41) is 6.10. The molecular weight excluding hydrogens is 244 g/mol.